The summed E-state index contributed by atoms with van der Waals surface area (Å²) in [5, 5.41) is 14.0. The van der Waals surface area contributed by atoms with Gasteiger partial charge in [0.2, 0.25) is 0 Å². The molecule has 1 aliphatic heterocycles. The molecular weight excluding hydrogens is 432 g/mol. The normalized spacial score (nSPS) is 19.3. The first-order valence-electron chi connectivity index (χ1n) is 9.14. The van der Waals surface area contributed by atoms with Crippen LogP contribution in [0.4, 0.5) is 0 Å². The molecule has 0 saturated heterocycles. The Balaban J connectivity index is 1.74. The van der Waals surface area contributed by atoms with E-state index >= 15 is 0 Å². The van der Waals surface area contributed by atoms with Gasteiger partial charge in [0, 0.05) is 33.1 Å². The van der Waals surface area contributed by atoms with Crippen LogP contribution in [0.25, 0.3) is 0 Å². The Morgan fingerprint density at radius 3 is 2.54 bits per heavy atom. The summed E-state index contributed by atoms with van der Waals surface area (Å²) >= 11 is 5.29. The summed E-state index contributed by atoms with van der Waals surface area (Å²) in [7, 11) is 0. The predicted octanol–water partition coefficient (Wildman–Crippen LogP) is 6.10. The number of halogens is 1. The van der Waals surface area contributed by atoms with Crippen LogP contribution in [0.3, 0.4) is 0 Å². The van der Waals surface area contributed by atoms with Gasteiger partial charge < -0.3 is 5.11 Å². The first kappa shape index (κ1) is 19.2. The Morgan fingerprint density at radius 2 is 1.82 bits per heavy atom. The zero-order chi connectivity index (χ0) is 19.5. The van der Waals surface area contributed by atoms with Crippen molar-refractivity contribution in [3.8, 4) is 5.75 Å². The van der Waals surface area contributed by atoms with Crippen molar-refractivity contribution in [2.24, 2.45) is 4.99 Å². The molecule has 0 amide bonds. The Morgan fingerprint density at radius 1 is 1.04 bits per heavy atom. The van der Waals surface area contributed by atoms with Crippen LogP contribution in [0, 0.1) is 0 Å². The Kier molecular flexibility index (Phi) is 5.85. The molecule has 0 fully saturated rings. The molecule has 0 aliphatic carbocycles. The zero-order valence-corrected chi connectivity index (χ0v) is 17.9. The van der Waals surface area contributed by atoms with Crippen LogP contribution in [0.1, 0.15) is 35.3 Å². The van der Waals surface area contributed by atoms with Gasteiger partial charge in [0.15, 0.2) is 0 Å². The highest BCUT2D eigenvalue weighted by atomic mass is 79.9. The lowest BCUT2D eigenvalue weighted by atomic mass is 9.93. The number of hydrogen-bond acceptors (Lipinski definition) is 4. The van der Waals surface area contributed by atoms with Gasteiger partial charge in [0.25, 0.3) is 0 Å². The lowest BCUT2D eigenvalue weighted by molar-refractivity contribution is 0.412. The van der Waals surface area contributed by atoms with Crippen LogP contribution in [0.15, 0.2) is 87.2 Å². The van der Waals surface area contributed by atoms with Gasteiger partial charge in [-0.25, -0.2) is 0 Å². The molecule has 0 bridgehead atoms. The molecule has 2 atom stereocenters. The van der Waals surface area contributed by atoms with Crippen molar-refractivity contribution in [1.82, 2.24) is 5.32 Å². The van der Waals surface area contributed by atoms with E-state index in [0.717, 1.165) is 26.9 Å². The maximum atomic E-state index is 10.4. The molecule has 0 aromatic heterocycles. The van der Waals surface area contributed by atoms with Crippen molar-refractivity contribution in [2.75, 3.05) is 6.26 Å². The number of nitrogens with one attached hydrogen (secondary N) is 1. The highest BCUT2D eigenvalue weighted by Crippen LogP contribution is 2.34. The number of phenolic OH excluding ortho intramolecular Hbond substituents is 1. The largest absolute Gasteiger partial charge is 0.508 e. The summed E-state index contributed by atoms with van der Waals surface area (Å²) < 4.78 is 1.03. The van der Waals surface area contributed by atoms with Crippen LogP contribution in [0.5, 0.6) is 5.75 Å². The molecule has 142 valence electrons. The SMILES string of the molecule is CSc1ccc([C@H]2N=C(c3cccc(Br)c3)C[C@@H](c3ccccc3O)N2)cc1. The highest BCUT2D eigenvalue weighted by Gasteiger charge is 2.27. The van der Waals surface area contributed by atoms with Crippen LogP contribution in [0.2, 0.25) is 0 Å². The monoisotopic (exact) mass is 452 g/mol. The average molecular weight is 453 g/mol. The number of thioether (sulfide) groups is 1. The Labute approximate surface area is 178 Å². The quantitative estimate of drug-likeness (QED) is 0.470. The summed E-state index contributed by atoms with van der Waals surface area (Å²) in [6.45, 7) is 0. The number of benzene rings is 3. The molecule has 1 heterocycles. The summed E-state index contributed by atoms with van der Waals surface area (Å²) in [4.78, 5) is 6.25. The van der Waals surface area contributed by atoms with E-state index < -0.39 is 0 Å². The van der Waals surface area contributed by atoms with Gasteiger partial charge in [-0.1, -0.05) is 58.4 Å². The third kappa shape index (κ3) is 4.17. The Hall–Kier alpha value is -2.08. The lowest BCUT2D eigenvalue weighted by Crippen LogP contribution is -2.33. The molecule has 0 unspecified atom stereocenters. The third-order valence-corrected chi connectivity index (χ3v) is 6.18. The van der Waals surface area contributed by atoms with E-state index in [1.54, 1.807) is 17.8 Å². The van der Waals surface area contributed by atoms with Crippen LogP contribution < -0.4 is 5.32 Å². The fourth-order valence-corrected chi connectivity index (χ4v) is 4.30. The van der Waals surface area contributed by atoms with Crippen LogP contribution in [-0.4, -0.2) is 17.1 Å². The van der Waals surface area contributed by atoms with Gasteiger partial charge in [-0.3, -0.25) is 10.3 Å². The molecule has 3 aromatic rings. The lowest BCUT2D eigenvalue weighted by Gasteiger charge is -2.31. The number of para-hydroxylation sites is 1. The summed E-state index contributed by atoms with van der Waals surface area (Å²) in [6, 6.07) is 24.2. The number of phenols is 1. The van der Waals surface area contributed by atoms with Crippen molar-refractivity contribution in [1.29, 1.82) is 0 Å². The summed E-state index contributed by atoms with van der Waals surface area (Å²) in [6.07, 6.45) is 2.63. The molecule has 5 heteroatoms. The number of nitrogens with zero attached hydrogens (tertiary/aromatic N) is 1. The highest BCUT2D eigenvalue weighted by molar-refractivity contribution is 9.10. The van der Waals surface area contributed by atoms with E-state index in [-0.39, 0.29) is 12.2 Å². The van der Waals surface area contributed by atoms with Crippen molar-refractivity contribution < 1.29 is 5.11 Å². The minimum absolute atomic E-state index is 0.0158. The van der Waals surface area contributed by atoms with Crippen LogP contribution in [-0.2, 0) is 0 Å². The molecule has 0 spiro atoms. The number of hydrogen-bond donors (Lipinski definition) is 2. The van der Waals surface area contributed by atoms with E-state index in [1.807, 2.05) is 30.3 Å². The molecule has 28 heavy (non-hydrogen) atoms. The van der Waals surface area contributed by atoms with Crippen molar-refractivity contribution in [3.05, 3.63) is 94.0 Å². The van der Waals surface area contributed by atoms with Gasteiger partial charge in [-0.05, 0) is 47.7 Å². The Bertz CT molecular complexity index is 1000. The smallest absolute Gasteiger partial charge is 0.126 e. The minimum atomic E-state index is -0.164. The maximum absolute atomic E-state index is 10.4. The van der Waals surface area contributed by atoms with E-state index in [0.29, 0.717) is 12.2 Å². The molecule has 0 saturated carbocycles. The maximum Gasteiger partial charge on any atom is 0.126 e. The zero-order valence-electron chi connectivity index (χ0n) is 15.5. The van der Waals surface area contributed by atoms with Gasteiger partial charge in [-0.2, -0.15) is 0 Å². The van der Waals surface area contributed by atoms with E-state index in [1.165, 1.54) is 4.90 Å². The average Bonchev–Trinajstić information content (AvgIpc) is 2.74. The summed E-state index contributed by atoms with van der Waals surface area (Å²) in [5.41, 5.74) is 4.15. The van der Waals surface area contributed by atoms with Gasteiger partial charge in [-0.15, -0.1) is 11.8 Å². The van der Waals surface area contributed by atoms with E-state index in [2.05, 4.69) is 63.9 Å². The standard InChI is InChI=1S/C23H21BrN2OS/c1-28-18-11-9-15(10-12-18)23-25-20(16-5-4-6-17(24)13-16)14-21(26-23)19-7-2-3-8-22(19)27/h2-13,21,23,26-27H,14H2,1H3/t21-,23-/m0/s1. The number of aliphatic imine (C=N–C) groups is 1. The molecule has 0 radical (unpaired) electrons. The summed E-state index contributed by atoms with van der Waals surface area (Å²) in [5.74, 6) is 0.312. The number of rotatable bonds is 4. The van der Waals surface area contributed by atoms with Crippen molar-refractivity contribution in [3.63, 3.8) is 0 Å². The fraction of sp³-hybridized carbons (Fsp3) is 0.174. The predicted molar refractivity (Wildman–Crippen MR) is 120 cm³/mol. The van der Waals surface area contributed by atoms with Gasteiger partial charge in [0.1, 0.15) is 11.9 Å². The topological polar surface area (TPSA) is 44.6 Å². The molecule has 2 N–H and O–H groups in total. The molecule has 4 rings (SSSR count). The fourth-order valence-electron chi connectivity index (χ4n) is 3.49. The molecule has 1 aliphatic rings. The van der Waals surface area contributed by atoms with Gasteiger partial charge in [0.05, 0.1) is 0 Å². The minimum Gasteiger partial charge on any atom is -0.508 e. The first-order chi connectivity index (χ1) is 13.6. The number of aromatic hydroxyl groups is 1. The second-order valence-corrected chi connectivity index (χ2v) is 8.54. The molecular formula is C23H21BrN2OS. The third-order valence-electron chi connectivity index (χ3n) is 4.94. The van der Waals surface area contributed by atoms with E-state index in [9.17, 15) is 5.11 Å². The van der Waals surface area contributed by atoms with Crippen molar-refractivity contribution >= 4 is 33.4 Å². The van der Waals surface area contributed by atoms with Gasteiger partial charge >= 0.3 is 0 Å². The second-order valence-electron chi connectivity index (χ2n) is 6.74. The second kappa shape index (κ2) is 8.52. The van der Waals surface area contributed by atoms with Crippen molar-refractivity contribution in [2.45, 2.75) is 23.5 Å². The molecule has 3 nitrogen and oxygen atoms in total. The van der Waals surface area contributed by atoms with E-state index in [4.69, 9.17) is 4.99 Å². The molecule has 3 aromatic carbocycles. The van der Waals surface area contributed by atoms with Crippen LogP contribution >= 0.6 is 27.7 Å². The first-order valence-corrected chi connectivity index (χ1v) is 11.2.